The second-order valence-electron chi connectivity index (χ2n) is 7.44. The molecule has 172 valence electrons. The van der Waals surface area contributed by atoms with E-state index in [1.807, 2.05) is 30.3 Å². The lowest BCUT2D eigenvalue weighted by Crippen LogP contribution is -2.21. The van der Waals surface area contributed by atoms with Crippen LogP contribution in [-0.4, -0.2) is 25.7 Å². The van der Waals surface area contributed by atoms with E-state index in [4.69, 9.17) is 41.8 Å². The van der Waals surface area contributed by atoms with Crippen molar-refractivity contribution in [2.45, 2.75) is 0 Å². The van der Waals surface area contributed by atoms with E-state index in [1.54, 1.807) is 18.2 Å². The zero-order valence-corrected chi connectivity index (χ0v) is 19.1. The quantitative estimate of drug-likeness (QED) is 0.363. The summed E-state index contributed by atoms with van der Waals surface area (Å²) in [5.41, 5.74) is 1.68. The van der Waals surface area contributed by atoms with Gasteiger partial charge in [-0.3, -0.25) is 4.79 Å². The molecule has 0 spiro atoms. The first-order valence-corrected chi connectivity index (χ1v) is 11.1. The molecule has 0 bridgehead atoms. The number of halogens is 2. The molecule has 0 aliphatic carbocycles. The number of hydrogen-bond donors (Lipinski definition) is 1. The SMILES string of the molecule is O=C(COc1cc2oc(=O)cc(-c3ccccc3)c2cc1Cl)Nc1cc2c(cc1Cl)OCCO2. The van der Waals surface area contributed by atoms with Crippen LogP contribution < -0.4 is 25.2 Å². The van der Waals surface area contributed by atoms with Crippen LogP contribution in [0.15, 0.2) is 69.9 Å². The largest absolute Gasteiger partial charge is 0.486 e. The Morgan fingerprint density at radius 3 is 2.44 bits per heavy atom. The van der Waals surface area contributed by atoms with Crippen molar-refractivity contribution >= 4 is 45.8 Å². The van der Waals surface area contributed by atoms with Crippen molar-refractivity contribution in [1.82, 2.24) is 0 Å². The summed E-state index contributed by atoms with van der Waals surface area (Å²) in [4.78, 5) is 24.6. The zero-order valence-electron chi connectivity index (χ0n) is 17.6. The number of rotatable bonds is 5. The molecule has 0 saturated heterocycles. The third-order valence-corrected chi connectivity index (χ3v) is 5.75. The lowest BCUT2D eigenvalue weighted by Gasteiger charge is -2.20. The van der Waals surface area contributed by atoms with Gasteiger partial charge in [0.15, 0.2) is 18.1 Å². The standard InChI is InChI=1S/C25H17Cl2NO6/c26-17-10-22-23(32-7-6-31-22)11-19(17)28-24(29)13-33-21-12-20-16(8-18(21)27)15(9-25(30)34-20)14-4-2-1-3-5-14/h1-5,8-12H,6-7,13H2,(H,28,29). The number of amides is 1. The van der Waals surface area contributed by atoms with Crippen LogP contribution in [0.5, 0.6) is 17.2 Å². The average molecular weight is 498 g/mol. The zero-order chi connectivity index (χ0) is 23.7. The van der Waals surface area contributed by atoms with Gasteiger partial charge >= 0.3 is 5.63 Å². The molecule has 7 nitrogen and oxygen atoms in total. The number of anilines is 1. The lowest BCUT2D eigenvalue weighted by atomic mass is 10.0. The Bertz CT molecular complexity index is 1450. The summed E-state index contributed by atoms with van der Waals surface area (Å²) in [6.07, 6.45) is 0. The third kappa shape index (κ3) is 4.53. The Morgan fingerprint density at radius 2 is 1.68 bits per heavy atom. The molecule has 3 aromatic carbocycles. The number of fused-ring (bicyclic) bond motifs is 2. The molecule has 1 N–H and O–H groups in total. The van der Waals surface area contributed by atoms with Crippen molar-refractivity contribution in [2.24, 2.45) is 0 Å². The maximum Gasteiger partial charge on any atom is 0.336 e. The van der Waals surface area contributed by atoms with E-state index < -0.39 is 11.5 Å². The van der Waals surface area contributed by atoms with Crippen LogP contribution in [0, 0.1) is 0 Å². The second kappa shape index (κ2) is 9.29. The van der Waals surface area contributed by atoms with Gasteiger partial charge in [0.25, 0.3) is 5.91 Å². The second-order valence-corrected chi connectivity index (χ2v) is 8.25. The maximum atomic E-state index is 12.5. The van der Waals surface area contributed by atoms with Crippen molar-refractivity contribution < 1.29 is 23.4 Å². The molecule has 0 saturated carbocycles. The number of nitrogens with one attached hydrogen (secondary N) is 1. The molecular weight excluding hydrogens is 481 g/mol. The predicted octanol–water partition coefficient (Wildman–Crippen LogP) is 5.56. The van der Waals surface area contributed by atoms with Crippen LogP contribution in [0.4, 0.5) is 5.69 Å². The molecule has 1 aliphatic rings. The van der Waals surface area contributed by atoms with Crippen LogP contribution in [-0.2, 0) is 4.79 Å². The lowest BCUT2D eigenvalue weighted by molar-refractivity contribution is -0.118. The number of ether oxygens (including phenoxy) is 3. The van der Waals surface area contributed by atoms with Crippen molar-refractivity contribution in [3.05, 3.63) is 81.1 Å². The van der Waals surface area contributed by atoms with Gasteiger partial charge in [-0.15, -0.1) is 0 Å². The fourth-order valence-corrected chi connectivity index (χ4v) is 4.04. The first-order valence-electron chi connectivity index (χ1n) is 10.3. The highest BCUT2D eigenvalue weighted by molar-refractivity contribution is 6.34. The molecule has 9 heteroatoms. The maximum absolute atomic E-state index is 12.5. The van der Waals surface area contributed by atoms with Gasteiger partial charge in [0.05, 0.1) is 15.7 Å². The predicted molar refractivity (Wildman–Crippen MR) is 129 cm³/mol. The van der Waals surface area contributed by atoms with Crippen LogP contribution in [0.25, 0.3) is 22.1 Å². The minimum atomic E-state index is -0.509. The van der Waals surface area contributed by atoms with Gasteiger partial charge in [-0.25, -0.2) is 4.79 Å². The molecule has 1 aliphatic heterocycles. The Kier molecular flexibility index (Phi) is 6.04. The first-order chi connectivity index (χ1) is 16.5. The van der Waals surface area contributed by atoms with Gasteiger partial charge in [-0.1, -0.05) is 53.5 Å². The topological polar surface area (TPSA) is 87.0 Å². The van der Waals surface area contributed by atoms with E-state index in [9.17, 15) is 9.59 Å². The molecule has 1 aromatic heterocycles. The van der Waals surface area contributed by atoms with Gasteiger partial charge < -0.3 is 23.9 Å². The molecule has 2 heterocycles. The summed E-state index contributed by atoms with van der Waals surface area (Å²) >= 11 is 12.7. The van der Waals surface area contributed by atoms with Crippen molar-refractivity contribution in [1.29, 1.82) is 0 Å². The molecule has 0 atom stereocenters. The number of carbonyl (C=O) groups excluding carboxylic acids is 1. The molecule has 5 rings (SSSR count). The Balaban J connectivity index is 1.36. The van der Waals surface area contributed by atoms with E-state index in [0.29, 0.717) is 52.0 Å². The fourth-order valence-electron chi connectivity index (χ4n) is 3.62. The fraction of sp³-hybridized carbons (Fsp3) is 0.120. The van der Waals surface area contributed by atoms with E-state index >= 15 is 0 Å². The van der Waals surface area contributed by atoms with E-state index in [2.05, 4.69) is 5.32 Å². The molecule has 0 fully saturated rings. The monoisotopic (exact) mass is 497 g/mol. The summed E-state index contributed by atoms with van der Waals surface area (Å²) in [6.45, 7) is 0.495. The number of carbonyl (C=O) groups is 1. The molecule has 1 amide bonds. The molecular formula is C25H17Cl2NO6. The van der Waals surface area contributed by atoms with E-state index in [-0.39, 0.29) is 17.4 Å². The average Bonchev–Trinajstić information content (AvgIpc) is 2.83. The molecule has 0 radical (unpaired) electrons. The summed E-state index contributed by atoms with van der Waals surface area (Å²) < 4.78 is 22.0. The minimum Gasteiger partial charge on any atom is -0.486 e. The number of hydrogen-bond acceptors (Lipinski definition) is 6. The molecule has 0 unspecified atom stereocenters. The Labute approximate surface area is 203 Å². The first kappa shape index (κ1) is 22.1. The van der Waals surface area contributed by atoms with Crippen LogP contribution in [0.1, 0.15) is 0 Å². The normalized spacial score (nSPS) is 12.4. The summed E-state index contributed by atoms with van der Waals surface area (Å²) in [5, 5.41) is 3.90. The summed E-state index contributed by atoms with van der Waals surface area (Å²) in [6, 6.07) is 17.2. The van der Waals surface area contributed by atoms with Crippen LogP contribution in [0.3, 0.4) is 0 Å². The van der Waals surface area contributed by atoms with E-state index in [0.717, 1.165) is 5.56 Å². The van der Waals surface area contributed by atoms with E-state index in [1.165, 1.54) is 12.1 Å². The Hall–Kier alpha value is -3.68. The molecule has 4 aromatic rings. The van der Waals surface area contributed by atoms with Gasteiger partial charge in [-0.05, 0) is 17.2 Å². The van der Waals surface area contributed by atoms with Crippen molar-refractivity contribution in [3.63, 3.8) is 0 Å². The van der Waals surface area contributed by atoms with Crippen LogP contribution >= 0.6 is 23.2 Å². The van der Waals surface area contributed by atoms with Gasteiger partial charge in [-0.2, -0.15) is 0 Å². The highest BCUT2D eigenvalue weighted by Gasteiger charge is 2.17. The van der Waals surface area contributed by atoms with Crippen LogP contribution in [0.2, 0.25) is 10.0 Å². The van der Waals surface area contributed by atoms with Gasteiger partial charge in [0.2, 0.25) is 0 Å². The van der Waals surface area contributed by atoms with Crippen molar-refractivity contribution in [2.75, 3.05) is 25.1 Å². The molecule has 34 heavy (non-hydrogen) atoms. The number of benzene rings is 3. The summed E-state index contributed by atoms with van der Waals surface area (Å²) in [5.74, 6) is 0.749. The highest BCUT2D eigenvalue weighted by atomic mass is 35.5. The highest BCUT2D eigenvalue weighted by Crippen LogP contribution is 2.38. The van der Waals surface area contributed by atoms with Gasteiger partial charge in [0, 0.05) is 29.7 Å². The minimum absolute atomic E-state index is 0.200. The Morgan fingerprint density at radius 1 is 0.941 bits per heavy atom. The third-order valence-electron chi connectivity index (χ3n) is 5.15. The van der Waals surface area contributed by atoms with Crippen molar-refractivity contribution in [3.8, 4) is 28.4 Å². The smallest absolute Gasteiger partial charge is 0.336 e. The van der Waals surface area contributed by atoms with Gasteiger partial charge in [0.1, 0.15) is 24.5 Å². The summed E-state index contributed by atoms with van der Waals surface area (Å²) in [7, 11) is 0.